The largest absolute Gasteiger partial charge is 0.390 e. The third-order valence-electron chi connectivity index (χ3n) is 3.43. The maximum Gasteiger partial charge on any atom is 0.141 e. The quantitative estimate of drug-likeness (QED) is 0.851. The van der Waals surface area contributed by atoms with E-state index in [4.69, 9.17) is 0 Å². The highest BCUT2D eigenvalue weighted by atomic mass is 16.3. The zero-order valence-electron chi connectivity index (χ0n) is 10.8. The van der Waals surface area contributed by atoms with Crippen LogP contribution in [0.25, 0.3) is 0 Å². The van der Waals surface area contributed by atoms with Gasteiger partial charge in [-0.3, -0.25) is 4.90 Å². The van der Waals surface area contributed by atoms with Gasteiger partial charge in [-0.15, -0.1) is 0 Å². The van der Waals surface area contributed by atoms with Gasteiger partial charge in [0.05, 0.1) is 12.1 Å². The Bertz CT molecular complexity index is 351. The summed E-state index contributed by atoms with van der Waals surface area (Å²) >= 11 is 0. The zero-order valence-corrected chi connectivity index (χ0v) is 10.8. The van der Waals surface area contributed by atoms with Gasteiger partial charge in [0.25, 0.3) is 0 Å². The summed E-state index contributed by atoms with van der Waals surface area (Å²) in [5, 5.41) is 14.1. The lowest BCUT2D eigenvalue weighted by molar-refractivity contribution is -0.00815. The molecular weight excluding hydrogens is 216 g/mol. The highest BCUT2D eigenvalue weighted by Gasteiger charge is 2.27. The number of hydrogen-bond acceptors (Lipinski definition) is 4. The van der Waals surface area contributed by atoms with E-state index in [1.54, 1.807) is 6.33 Å². The topological polar surface area (TPSA) is 54.2 Å². The second-order valence-corrected chi connectivity index (χ2v) is 5.17. The van der Waals surface area contributed by atoms with E-state index in [0.717, 1.165) is 51.3 Å². The van der Waals surface area contributed by atoms with Crippen LogP contribution >= 0.6 is 0 Å². The van der Waals surface area contributed by atoms with Crippen LogP contribution in [0.1, 0.15) is 38.9 Å². The molecule has 2 heterocycles. The fraction of sp³-hybridized carbons (Fsp3) is 0.833. The molecule has 1 saturated heterocycles. The molecule has 1 aromatic rings. The lowest BCUT2D eigenvalue weighted by Gasteiger charge is -2.35. The molecule has 0 unspecified atom stereocenters. The van der Waals surface area contributed by atoms with Crippen molar-refractivity contribution in [3.05, 3.63) is 12.2 Å². The molecule has 0 spiro atoms. The number of piperidine rings is 1. The molecule has 0 radical (unpaired) electrons. The molecule has 0 aromatic carbocycles. The number of aryl methyl sites for hydroxylation is 1. The first-order valence-electron chi connectivity index (χ1n) is 6.42. The number of hydrogen-bond donors (Lipinski definition) is 1. The maximum atomic E-state index is 9.90. The van der Waals surface area contributed by atoms with Crippen molar-refractivity contribution in [1.82, 2.24) is 19.7 Å². The van der Waals surface area contributed by atoms with Gasteiger partial charge >= 0.3 is 0 Å². The number of rotatable bonds is 4. The van der Waals surface area contributed by atoms with Crippen LogP contribution in [-0.2, 0) is 13.1 Å². The van der Waals surface area contributed by atoms with Crippen molar-refractivity contribution in [2.75, 3.05) is 13.1 Å². The van der Waals surface area contributed by atoms with Gasteiger partial charge in [-0.25, -0.2) is 9.67 Å². The van der Waals surface area contributed by atoms with Crippen LogP contribution in [0.15, 0.2) is 6.33 Å². The Hall–Kier alpha value is -0.940. The summed E-state index contributed by atoms with van der Waals surface area (Å²) in [5.41, 5.74) is -0.479. The van der Waals surface area contributed by atoms with E-state index in [-0.39, 0.29) is 0 Å². The molecule has 0 aliphatic carbocycles. The van der Waals surface area contributed by atoms with E-state index >= 15 is 0 Å². The molecular formula is C12H22N4O. The van der Waals surface area contributed by atoms with Crippen LogP contribution in [0.2, 0.25) is 0 Å². The van der Waals surface area contributed by atoms with E-state index < -0.39 is 5.60 Å². The van der Waals surface area contributed by atoms with Gasteiger partial charge in [0.15, 0.2) is 0 Å². The van der Waals surface area contributed by atoms with Crippen LogP contribution < -0.4 is 0 Å². The van der Waals surface area contributed by atoms with Crippen LogP contribution in [0, 0.1) is 0 Å². The molecule has 5 heteroatoms. The van der Waals surface area contributed by atoms with E-state index in [2.05, 4.69) is 21.9 Å². The first-order chi connectivity index (χ1) is 8.11. The zero-order chi connectivity index (χ0) is 12.3. The van der Waals surface area contributed by atoms with Gasteiger partial charge in [-0.1, -0.05) is 6.92 Å². The van der Waals surface area contributed by atoms with Crippen molar-refractivity contribution in [3.8, 4) is 0 Å². The Morgan fingerprint density at radius 3 is 2.76 bits per heavy atom. The summed E-state index contributed by atoms with van der Waals surface area (Å²) < 4.78 is 1.98. The molecule has 5 nitrogen and oxygen atoms in total. The van der Waals surface area contributed by atoms with Crippen LogP contribution in [0.3, 0.4) is 0 Å². The Morgan fingerprint density at radius 2 is 2.12 bits per heavy atom. The lowest BCUT2D eigenvalue weighted by atomic mass is 9.94. The smallest absolute Gasteiger partial charge is 0.141 e. The van der Waals surface area contributed by atoms with E-state index in [1.165, 1.54) is 0 Å². The molecule has 0 bridgehead atoms. The number of aromatic nitrogens is 3. The van der Waals surface area contributed by atoms with Crippen molar-refractivity contribution >= 4 is 0 Å². The van der Waals surface area contributed by atoms with Crippen molar-refractivity contribution in [2.24, 2.45) is 0 Å². The van der Waals surface area contributed by atoms with Crippen molar-refractivity contribution in [1.29, 1.82) is 0 Å². The Labute approximate surface area is 102 Å². The summed E-state index contributed by atoms with van der Waals surface area (Å²) in [7, 11) is 0. The fourth-order valence-corrected chi connectivity index (χ4v) is 2.20. The average molecular weight is 238 g/mol. The third kappa shape index (κ3) is 3.26. The highest BCUT2D eigenvalue weighted by Crippen LogP contribution is 2.21. The Balaban J connectivity index is 1.91. The summed E-state index contributed by atoms with van der Waals surface area (Å²) in [6.07, 6.45) is 4.39. The minimum Gasteiger partial charge on any atom is -0.390 e. The van der Waals surface area contributed by atoms with E-state index in [9.17, 15) is 5.11 Å². The lowest BCUT2D eigenvalue weighted by Crippen LogP contribution is -2.42. The molecule has 1 aromatic heterocycles. The molecule has 0 saturated carbocycles. The monoisotopic (exact) mass is 238 g/mol. The molecule has 17 heavy (non-hydrogen) atoms. The summed E-state index contributed by atoms with van der Waals surface area (Å²) in [5.74, 6) is 1.04. The van der Waals surface area contributed by atoms with Gasteiger partial charge in [-0.05, 0) is 26.2 Å². The SMILES string of the molecule is CCCn1ncnc1CN1CCC(C)(O)CC1. The van der Waals surface area contributed by atoms with Crippen LogP contribution in [-0.4, -0.2) is 43.5 Å². The van der Waals surface area contributed by atoms with Crippen LogP contribution in [0.5, 0.6) is 0 Å². The Morgan fingerprint density at radius 1 is 1.41 bits per heavy atom. The average Bonchev–Trinajstić information content (AvgIpc) is 2.70. The molecule has 1 fully saturated rings. The standard InChI is InChI=1S/C12H22N4O/c1-3-6-16-11(13-10-14-16)9-15-7-4-12(2,17)5-8-15/h10,17H,3-9H2,1-2H3. The highest BCUT2D eigenvalue weighted by molar-refractivity contribution is 4.88. The second-order valence-electron chi connectivity index (χ2n) is 5.17. The molecule has 0 amide bonds. The summed E-state index contributed by atoms with van der Waals surface area (Å²) in [6, 6.07) is 0. The maximum absolute atomic E-state index is 9.90. The first kappa shape index (κ1) is 12.5. The van der Waals surface area contributed by atoms with Gasteiger partial charge < -0.3 is 5.11 Å². The number of aliphatic hydroxyl groups is 1. The van der Waals surface area contributed by atoms with Crippen molar-refractivity contribution in [2.45, 2.75) is 51.8 Å². The van der Waals surface area contributed by atoms with E-state index in [1.807, 2.05) is 11.6 Å². The fourth-order valence-electron chi connectivity index (χ4n) is 2.20. The van der Waals surface area contributed by atoms with E-state index in [0.29, 0.717) is 0 Å². The van der Waals surface area contributed by atoms with Gasteiger partial charge in [0.2, 0.25) is 0 Å². The second kappa shape index (κ2) is 5.14. The summed E-state index contributed by atoms with van der Waals surface area (Å²) in [6.45, 7) is 7.71. The van der Waals surface area contributed by atoms with Gasteiger partial charge in [0, 0.05) is 19.6 Å². The number of nitrogens with zero attached hydrogens (tertiary/aromatic N) is 4. The van der Waals surface area contributed by atoms with Crippen LogP contribution in [0.4, 0.5) is 0 Å². The van der Waals surface area contributed by atoms with Gasteiger partial charge in [-0.2, -0.15) is 5.10 Å². The third-order valence-corrected chi connectivity index (χ3v) is 3.43. The van der Waals surface area contributed by atoms with Gasteiger partial charge in [0.1, 0.15) is 12.2 Å². The van der Waals surface area contributed by atoms with Crippen molar-refractivity contribution < 1.29 is 5.11 Å². The molecule has 0 atom stereocenters. The molecule has 1 aliphatic rings. The minimum atomic E-state index is -0.479. The molecule has 1 aliphatic heterocycles. The summed E-state index contributed by atoms with van der Waals surface area (Å²) in [4.78, 5) is 6.65. The molecule has 1 N–H and O–H groups in total. The van der Waals surface area contributed by atoms with Crippen molar-refractivity contribution in [3.63, 3.8) is 0 Å². The predicted molar refractivity (Wildman–Crippen MR) is 65.4 cm³/mol. The molecule has 96 valence electrons. The number of likely N-dealkylation sites (tertiary alicyclic amines) is 1. The minimum absolute atomic E-state index is 0.479. The predicted octanol–water partition coefficient (Wildman–Crippen LogP) is 1.03. The first-order valence-corrected chi connectivity index (χ1v) is 6.42. The Kier molecular flexibility index (Phi) is 3.79. The molecule has 2 rings (SSSR count). The normalized spacial score (nSPS) is 20.6.